The maximum atomic E-state index is 12.9. The molecule has 1 aromatic carbocycles. The number of halogens is 1. The Morgan fingerprint density at radius 3 is 2.41 bits per heavy atom. The Bertz CT molecular complexity index is 633. The molecule has 6 nitrogen and oxygen atoms in total. The number of nitrogens with zero attached hydrogens (tertiary/aromatic N) is 2. The van der Waals surface area contributed by atoms with E-state index in [-0.39, 0.29) is 11.4 Å². The highest BCUT2D eigenvalue weighted by Gasteiger charge is 2.29. The largest absolute Gasteiger partial charge is 0.480 e. The SMILES string of the molecule is CC(C(=O)O)N1CCCN(S(=O)(=O)c2ccc(F)cc2)CC1. The fourth-order valence-electron chi connectivity index (χ4n) is 2.45. The predicted molar refractivity (Wildman–Crippen MR) is 78.4 cm³/mol. The third kappa shape index (κ3) is 3.63. The molecule has 1 N–H and O–H groups in total. The molecular weight excluding hydrogens is 311 g/mol. The third-order valence-electron chi connectivity index (χ3n) is 3.85. The Labute approximate surface area is 129 Å². The maximum Gasteiger partial charge on any atom is 0.320 e. The van der Waals surface area contributed by atoms with Gasteiger partial charge in [-0.05, 0) is 37.6 Å². The van der Waals surface area contributed by atoms with Gasteiger partial charge in [0.15, 0.2) is 0 Å². The summed E-state index contributed by atoms with van der Waals surface area (Å²) in [4.78, 5) is 12.8. The van der Waals surface area contributed by atoms with E-state index in [0.29, 0.717) is 26.1 Å². The van der Waals surface area contributed by atoms with Gasteiger partial charge in [-0.1, -0.05) is 0 Å². The minimum atomic E-state index is -3.68. The van der Waals surface area contributed by atoms with E-state index in [1.807, 2.05) is 0 Å². The van der Waals surface area contributed by atoms with Gasteiger partial charge >= 0.3 is 5.97 Å². The molecule has 1 fully saturated rings. The van der Waals surface area contributed by atoms with Gasteiger partial charge in [0.25, 0.3) is 0 Å². The quantitative estimate of drug-likeness (QED) is 0.891. The summed E-state index contributed by atoms with van der Waals surface area (Å²) in [6.07, 6.45) is 0.554. The lowest BCUT2D eigenvalue weighted by Crippen LogP contribution is -2.42. The highest BCUT2D eigenvalue weighted by atomic mass is 32.2. The summed E-state index contributed by atoms with van der Waals surface area (Å²) in [7, 11) is -3.68. The van der Waals surface area contributed by atoms with Crippen LogP contribution in [0, 0.1) is 5.82 Å². The minimum absolute atomic E-state index is 0.0497. The first-order chi connectivity index (χ1) is 10.3. The van der Waals surface area contributed by atoms with Crippen LogP contribution in [0.15, 0.2) is 29.2 Å². The van der Waals surface area contributed by atoms with Crippen LogP contribution in [0.25, 0.3) is 0 Å². The molecule has 1 aromatic rings. The summed E-state index contributed by atoms with van der Waals surface area (Å²) in [5.74, 6) is -1.41. The molecule has 22 heavy (non-hydrogen) atoms. The number of carboxylic acids is 1. The molecule has 0 saturated carbocycles. The van der Waals surface area contributed by atoms with Crippen LogP contribution >= 0.6 is 0 Å². The van der Waals surface area contributed by atoms with Crippen LogP contribution in [0.1, 0.15) is 13.3 Å². The average Bonchev–Trinajstić information content (AvgIpc) is 2.73. The number of sulfonamides is 1. The first kappa shape index (κ1) is 16.9. The topological polar surface area (TPSA) is 77.9 Å². The van der Waals surface area contributed by atoms with E-state index in [1.165, 1.54) is 16.4 Å². The van der Waals surface area contributed by atoms with Gasteiger partial charge in [0.05, 0.1) is 4.90 Å². The van der Waals surface area contributed by atoms with Crippen molar-refractivity contribution in [2.45, 2.75) is 24.3 Å². The Morgan fingerprint density at radius 1 is 1.18 bits per heavy atom. The number of rotatable bonds is 4. The predicted octanol–water partition coefficient (Wildman–Crippen LogP) is 0.995. The first-order valence-electron chi connectivity index (χ1n) is 7.05. The lowest BCUT2D eigenvalue weighted by molar-refractivity contribution is -0.142. The van der Waals surface area contributed by atoms with Crippen molar-refractivity contribution in [2.24, 2.45) is 0 Å². The van der Waals surface area contributed by atoms with Crippen molar-refractivity contribution >= 4 is 16.0 Å². The Balaban J connectivity index is 2.13. The van der Waals surface area contributed by atoms with Crippen molar-refractivity contribution in [1.29, 1.82) is 0 Å². The van der Waals surface area contributed by atoms with Crippen molar-refractivity contribution in [2.75, 3.05) is 26.2 Å². The van der Waals surface area contributed by atoms with Gasteiger partial charge in [-0.2, -0.15) is 4.31 Å². The standard InChI is InChI=1S/C14H19FN2O4S/c1-11(14(18)19)16-7-2-8-17(10-9-16)22(20,21)13-5-3-12(15)4-6-13/h3-6,11H,2,7-10H2,1H3,(H,18,19). The number of carbonyl (C=O) groups is 1. The number of hydrogen-bond donors (Lipinski definition) is 1. The lowest BCUT2D eigenvalue weighted by atomic mass is 10.2. The first-order valence-corrected chi connectivity index (χ1v) is 8.49. The number of benzene rings is 1. The van der Waals surface area contributed by atoms with Crippen molar-refractivity contribution < 1.29 is 22.7 Å². The molecular formula is C14H19FN2O4S. The Morgan fingerprint density at radius 2 is 1.82 bits per heavy atom. The molecule has 0 radical (unpaired) electrons. The van der Waals surface area contributed by atoms with Crippen LogP contribution < -0.4 is 0 Å². The van der Waals surface area contributed by atoms with E-state index in [0.717, 1.165) is 12.1 Å². The highest BCUT2D eigenvalue weighted by Crippen LogP contribution is 2.18. The maximum absolute atomic E-state index is 12.9. The van der Waals surface area contributed by atoms with Crippen molar-refractivity contribution in [3.05, 3.63) is 30.1 Å². The zero-order valence-electron chi connectivity index (χ0n) is 12.3. The van der Waals surface area contributed by atoms with Crippen LogP contribution in [-0.4, -0.2) is 60.9 Å². The molecule has 0 aromatic heterocycles. The zero-order chi connectivity index (χ0) is 16.3. The van der Waals surface area contributed by atoms with Gasteiger partial charge in [-0.15, -0.1) is 0 Å². The van der Waals surface area contributed by atoms with Crippen LogP contribution in [0.4, 0.5) is 4.39 Å². The van der Waals surface area contributed by atoms with Gasteiger partial charge in [-0.25, -0.2) is 12.8 Å². The van der Waals surface area contributed by atoms with Gasteiger partial charge in [0.1, 0.15) is 11.9 Å². The van der Waals surface area contributed by atoms with E-state index in [2.05, 4.69) is 0 Å². The fourth-order valence-corrected chi connectivity index (χ4v) is 3.92. The Hall–Kier alpha value is -1.51. The van der Waals surface area contributed by atoms with Crippen LogP contribution in [-0.2, 0) is 14.8 Å². The Kier molecular flexibility index (Phi) is 5.15. The van der Waals surface area contributed by atoms with Crippen LogP contribution in [0.3, 0.4) is 0 Å². The van der Waals surface area contributed by atoms with Crippen LogP contribution in [0.2, 0.25) is 0 Å². The van der Waals surface area contributed by atoms with Gasteiger partial charge in [-0.3, -0.25) is 9.69 Å². The molecule has 1 aliphatic rings. The normalized spacial score (nSPS) is 19.5. The third-order valence-corrected chi connectivity index (χ3v) is 5.76. The van der Waals surface area contributed by atoms with E-state index in [4.69, 9.17) is 5.11 Å². The molecule has 1 aliphatic heterocycles. The van der Waals surface area contributed by atoms with Crippen molar-refractivity contribution in [3.8, 4) is 0 Å². The van der Waals surface area contributed by atoms with Crippen molar-refractivity contribution in [1.82, 2.24) is 9.21 Å². The second kappa shape index (κ2) is 6.72. The summed E-state index contributed by atoms with van der Waals surface area (Å²) < 4.78 is 39.3. The van der Waals surface area contributed by atoms with E-state index >= 15 is 0 Å². The van der Waals surface area contributed by atoms with Crippen molar-refractivity contribution in [3.63, 3.8) is 0 Å². The fraction of sp³-hybridized carbons (Fsp3) is 0.500. The number of hydrogen-bond acceptors (Lipinski definition) is 4. The summed E-state index contributed by atoms with van der Waals surface area (Å²) in [5.41, 5.74) is 0. The molecule has 0 bridgehead atoms. The van der Waals surface area contributed by atoms with Gasteiger partial charge in [0, 0.05) is 26.2 Å². The van der Waals surface area contributed by atoms with Crippen LogP contribution in [0.5, 0.6) is 0 Å². The molecule has 122 valence electrons. The van der Waals surface area contributed by atoms with Gasteiger partial charge in [0.2, 0.25) is 10.0 Å². The summed E-state index contributed by atoms with van der Waals surface area (Å²) in [6, 6.07) is 4.07. The second-order valence-electron chi connectivity index (χ2n) is 5.26. The molecule has 1 atom stereocenters. The number of aliphatic carboxylic acids is 1. The molecule has 1 heterocycles. The molecule has 0 amide bonds. The summed E-state index contributed by atoms with van der Waals surface area (Å²) in [5, 5.41) is 9.05. The average molecular weight is 330 g/mol. The molecule has 0 aliphatic carbocycles. The van der Waals surface area contributed by atoms with E-state index in [9.17, 15) is 17.6 Å². The van der Waals surface area contributed by atoms with E-state index in [1.54, 1.807) is 11.8 Å². The molecule has 1 unspecified atom stereocenters. The zero-order valence-corrected chi connectivity index (χ0v) is 13.1. The highest BCUT2D eigenvalue weighted by molar-refractivity contribution is 7.89. The smallest absolute Gasteiger partial charge is 0.320 e. The van der Waals surface area contributed by atoms with E-state index < -0.39 is 27.9 Å². The molecule has 2 rings (SSSR count). The molecule has 8 heteroatoms. The lowest BCUT2D eigenvalue weighted by Gasteiger charge is -2.24. The molecule has 1 saturated heterocycles. The number of carboxylic acid groups (broad SMARTS) is 1. The summed E-state index contributed by atoms with van der Waals surface area (Å²) >= 11 is 0. The minimum Gasteiger partial charge on any atom is -0.480 e. The van der Waals surface area contributed by atoms with Gasteiger partial charge < -0.3 is 5.11 Å². The summed E-state index contributed by atoms with van der Waals surface area (Å²) in [6.45, 7) is 3.02. The second-order valence-corrected chi connectivity index (χ2v) is 7.20. The molecule has 0 spiro atoms. The monoisotopic (exact) mass is 330 g/mol.